The van der Waals surface area contributed by atoms with E-state index in [1.807, 2.05) is 0 Å². The number of para-hydroxylation sites is 2. The molecule has 9 aromatic rings. The predicted octanol–water partition coefficient (Wildman–Crippen LogP) is 13.3. The van der Waals surface area contributed by atoms with E-state index in [2.05, 4.69) is 226 Å². The van der Waals surface area contributed by atoms with E-state index in [0.29, 0.717) is 17.9 Å². The molecule has 64 heavy (non-hydrogen) atoms. The van der Waals surface area contributed by atoms with Gasteiger partial charge in [0.15, 0.2) is 0 Å². The van der Waals surface area contributed by atoms with Crippen molar-refractivity contribution in [3.8, 4) is 16.8 Å². The Morgan fingerprint density at radius 3 is 2.11 bits per heavy atom. The van der Waals surface area contributed by atoms with Gasteiger partial charge in [0.25, 0.3) is 0 Å². The molecule has 0 spiro atoms. The number of aromatic nitrogens is 1. The molecule has 1 saturated heterocycles. The molecular weight excluding hydrogens is 779 g/mol. The van der Waals surface area contributed by atoms with Gasteiger partial charge in [-0.25, -0.2) is 4.99 Å². The smallest absolute Gasteiger partial charge is 0.131 e. The third kappa shape index (κ3) is 6.14. The Morgan fingerprint density at radius 1 is 0.578 bits per heavy atom. The lowest BCUT2D eigenvalue weighted by Gasteiger charge is -2.32. The second-order valence-electron chi connectivity index (χ2n) is 17.9. The zero-order valence-electron chi connectivity index (χ0n) is 35.5. The van der Waals surface area contributed by atoms with Gasteiger partial charge in [-0.1, -0.05) is 158 Å². The Bertz CT molecular complexity index is 3310. The number of hydrogen-bond acceptors (Lipinski definition) is 4. The summed E-state index contributed by atoms with van der Waals surface area (Å²) in [5.41, 5.74) is 15.0. The van der Waals surface area contributed by atoms with Crippen molar-refractivity contribution in [1.29, 1.82) is 0 Å². The molecule has 3 heterocycles. The fourth-order valence-electron chi connectivity index (χ4n) is 11.3. The van der Waals surface area contributed by atoms with E-state index in [4.69, 9.17) is 4.99 Å². The van der Waals surface area contributed by atoms with Crippen LogP contribution in [-0.2, 0) is 6.42 Å². The van der Waals surface area contributed by atoms with Gasteiger partial charge in [-0.3, -0.25) is 5.32 Å². The van der Waals surface area contributed by atoms with Gasteiger partial charge in [0.05, 0.1) is 16.7 Å². The first kappa shape index (κ1) is 37.1. The lowest BCUT2D eigenvalue weighted by molar-refractivity contribution is 0.409. The van der Waals surface area contributed by atoms with Crippen molar-refractivity contribution in [2.75, 3.05) is 4.90 Å². The van der Waals surface area contributed by atoms with Crippen molar-refractivity contribution in [3.05, 3.63) is 234 Å². The monoisotopic (exact) mass is 825 g/mol. The van der Waals surface area contributed by atoms with E-state index >= 15 is 0 Å². The molecule has 1 aromatic heterocycles. The Balaban J connectivity index is 0.882. The van der Waals surface area contributed by atoms with Crippen LogP contribution in [0, 0.1) is 11.8 Å². The topological polar surface area (TPSA) is 44.6 Å². The van der Waals surface area contributed by atoms with Crippen molar-refractivity contribution >= 4 is 50.2 Å². The van der Waals surface area contributed by atoms with E-state index in [1.165, 1.54) is 77.5 Å². The molecule has 1 fully saturated rings. The number of nitrogens with zero attached hydrogens (tertiary/aromatic N) is 3. The molecular formula is C59H47N5. The molecule has 5 heteroatoms. The van der Waals surface area contributed by atoms with E-state index in [-0.39, 0.29) is 12.3 Å². The van der Waals surface area contributed by atoms with Crippen LogP contribution in [0.5, 0.6) is 0 Å². The zero-order chi connectivity index (χ0) is 42.1. The Morgan fingerprint density at radius 2 is 1.28 bits per heavy atom. The average Bonchev–Trinajstić information content (AvgIpc) is 3.88. The number of rotatable bonds is 6. The number of allylic oxidation sites excluding steroid dienone is 2. The van der Waals surface area contributed by atoms with Crippen LogP contribution in [0.2, 0.25) is 0 Å². The third-order valence-electron chi connectivity index (χ3n) is 14.3. The van der Waals surface area contributed by atoms with E-state index in [1.54, 1.807) is 0 Å². The molecule has 0 radical (unpaired) electrons. The lowest BCUT2D eigenvalue weighted by Crippen LogP contribution is -2.44. The molecule has 0 bridgehead atoms. The van der Waals surface area contributed by atoms with Gasteiger partial charge >= 0.3 is 0 Å². The molecule has 2 N–H and O–H groups in total. The van der Waals surface area contributed by atoms with E-state index in [9.17, 15) is 0 Å². The summed E-state index contributed by atoms with van der Waals surface area (Å²) in [5.74, 6) is 1.80. The van der Waals surface area contributed by atoms with Crippen LogP contribution >= 0.6 is 0 Å². The number of fused-ring (bicyclic) bond motifs is 8. The minimum Gasteiger partial charge on any atom is -0.350 e. The summed E-state index contributed by atoms with van der Waals surface area (Å²) in [6.45, 7) is 0. The van der Waals surface area contributed by atoms with Crippen molar-refractivity contribution in [1.82, 2.24) is 15.2 Å². The molecule has 4 aliphatic rings. The maximum atomic E-state index is 5.36. The summed E-state index contributed by atoms with van der Waals surface area (Å²) in [4.78, 5) is 8.08. The van der Waals surface area contributed by atoms with Crippen LogP contribution in [-0.4, -0.2) is 16.4 Å². The van der Waals surface area contributed by atoms with Crippen LogP contribution in [0.4, 0.5) is 5.69 Å². The quantitative estimate of drug-likeness (QED) is 0.164. The summed E-state index contributed by atoms with van der Waals surface area (Å²) in [7, 11) is 0. The normalized spacial score (nSPS) is 21.2. The summed E-state index contributed by atoms with van der Waals surface area (Å²) < 4.78 is 2.49. The molecule has 0 saturated carbocycles. The van der Waals surface area contributed by atoms with Crippen LogP contribution in [0.3, 0.4) is 0 Å². The third-order valence-corrected chi connectivity index (χ3v) is 14.3. The largest absolute Gasteiger partial charge is 0.350 e. The molecule has 5 unspecified atom stereocenters. The van der Waals surface area contributed by atoms with Crippen molar-refractivity contribution in [3.63, 3.8) is 0 Å². The standard InChI is InChI=1S/C59H47N5/c1-3-15-38(16-4-1)40-19-13-21-44(33-40)58-60-57(39-17-5-2-6-18-39)61-59(62-58)45-30-29-42-35-46(32-31-41(42)34-45)63-52-25-10-9-24-49(52)51-36-43-20-14-28-55(50(43)37-56(51)63)64-53-26-11-7-22-47(53)48-23-8-12-27-54(48)64/h1-9,11-24,26-35,37,49,51-52,57-58,60H,10,25,36H2,(H,61,62). The molecule has 2 aliphatic carbocycles. The minimum atomic E-state index is -0.229. The van der Waals surface area contributed by atoms with Gasteiger partial charge in [0, 0.05) is 51.2 Å². The molecule has 0 amide bonds. The van der Waals surface area contributed by atoms with E-state index < -0.39 is 0 Å². The average molecular weight is 826 g/mol. The summed E-state index contributed by atoms with van der Waals surface area (Å²) in [5, 5.41) is 12.6. The van der Waals surface area contributed by atoms with Crippen LogP contribution < -0.4 is 15.5 Å². The number of benzene rings is 8. The van der Waals surface area contributed by atoms with Gasteiger partial charge in [-0.05, 0) is 106 Å². The van der Waals surface area contributed by atoms with Crippen LogP contribution in [0.25, 0.3) is 55.5 Å². The maximum Gasteiger partial charge on any atom is 0.131 e. The molecule has 308 valence electrons. The van der Waals surface area contributed by atoms with Crippen molar-refractivity contribution in [2.45, 2.75) is 37.6 Å². The Kier molecular flexibility index (Phi) is 8.76. The molecule has 5 nitrogen and oxygen atoms in total. The Hall–Kier alpha value is -7.47. The minimum absolute atomic E-state index is 0.109. The lowest BCUT2D eigenvalue weighted by atomic mass is 9.77. The highest BCUT2D eigenvalue weighted by Gasteiger charge is 2.46. The fraction of sp³-hybridized carbons (Fsp3) is 0.136. The maximum absolute atomic E-state index is 5.36. The summed E-state index contributed by atoms with van der Waals surface area (Å²) in [6, 6.07) is 69.0. The SMILES string of the molecule is C1=CC2C3Cc4cccc(-n5c6ccccc6c6ccccc65)c4C=C3N(c3ccc4cc(C5=NC(c6cccc(-c7ccccc7)c6)NC(c6ccccc6)N5)ccc4c3)C2CC1. The fourth-order valence-corrected chi connectivity index (χ4v) is 11.3. The van der Waals surface area contributed by atoms with Gasteiger partial charge in [0.1, 0.15) is 18.2 Å². The molecule has 2 aliphatic heterocycles. The molecule has 8 aromatic carbocycles. The van der Waals surface area contributed by atoms with E-state index in [0.717, 1.165) is 36.2 Å². The first-order valence-corrected chi connectivity index (χ1v) is 22.8. The van der Waals surface area contributed by atoms with Gasteiger partial charge < -0.3 is 14.8 Å². The van der Waals surface area contributed by atoms with Crippen molar-refractivity contribution < 1.29 is 0 Å². The number of nitrogens with one attached hydrogen (secondary N) is 2. The zero-order valence-corrected chi connectivity index (χ0v) is 35.5. The van der Waals surface area contributed by atoms with Crippen molar-refractivity contribution in [2.24, 2.45) is 16.8 Å². The second kappa shape index (κ2) is 15.1. The number of aliphatic imine (C=N–C) groups is 1. The van der Waals surface area contributed by atoms with Gasteiger partial charge in [-0.15, -0.1) is 0 Å². The second-order valence-corrected chi connectivity index (χ2v) is 17.9. The number of anilines is 1. The van der Waals surface area contributed by atoms with Gasteiger partial charge in [0.2, 0.25) is 0 Å². The highest BCUT2D eigenvalue weighted by Crippen LogP contribution is 2.51. The van der Waals surface area contributed by atoms with Crippen LogP contribution in [0.15, 0.2) is 211 Å². The Labute approximate surface area is 373 Å². The summed E-state index contributed by atoms with van der Waals surface area (Å²) >= 11 is 0. The molecule has 13 rings (SSSR count). The number of amidine groups is 1. The van der Waals surface area contributed by atoms with Crippen LogP contribution in [0.1, 0.15) is 53.0 Å². The highest BCUT2D eigenvalue weighted by molar-refractivity contribution is 6.09. The molecule has 5 atom stereocenters. The first-order chi connectivity index (χ1) is 31.7. The van der Waals surface area contributed by atoms with Gasteiger partial charge in [-0.2, -0.15) is 0 Å². The number of hydrogen-bond donors (Lipinski definition) is 2. The first-order valence-electron chi connectivity index (χ1n) is 22.8. The predicted molar refractivity (Wildman–Crippen MR) is 265 cm³/mol. The highest BCUT2D eigenvalue weighted by atomic mass is 15.3. The summed E-state index contributed by atoms with van der Waals surface area (Å²) in [6.07, 6.45) is 10.5.